The Balaban J connectivity index is 2.30. The summed E-state index contributed by atoms with van der Waals surface area (Å²) in [5, 5.41) is 27.6. The standard InChI is InChI=1S/C16H20N4O4/c1-5-12(15-9(2)18-19(4)10(15)3)17-16(22)11-6-7-14(21)13(8-11)20(23)24/h6-8,12,21H,5H2,1-4H3,(H,17,22)/t12-/m1/s1. The summed E-state index contributed by atoms with van der Waals surface area (Å²) in [6.45, 7) is 5.74. The van der Waals surface area contributed by atoms with E-state index in [0.717, 1.165) is 29.1 Å². The highest BCUT2D eigenvalue weighted by Gasteiger charge is 2.23. The molecule has 0 spiro atoms. The molecule has 0 fully saturated rings. The first-order chi connectivity index (χ1) is 11.3. The molecule has 1 atom stereocenters. The predicted molar refractivity (Wildman–Crippen MR) is 87.9 cm³/mol. The molecule has 0 radical (unpaired) electrons. The zero-order valence-electron chi connectivity index (χ0n) is 14.0. The number of nitro benzene ring substituents is 1. The number of aryl methyl sites for hydroxylation is 2. The lowest BCUT2D eigenvalue weighted by atomic mass is 10.0. The Labute approximate surface area is 139 Å². The molecule has 0 bridgehead atoms. The maximum absolute atomic E-state index is 12.5. The first-order valence-electron chi connectivity index (χ1n) is 7.54. The topological polar surface area (TPSA) is 110 Å². The lowest BCUT2D eigenvalue weighted by Gasteiger charge is -2.18. The average Bonchev–Trinajstić information content (AvgIpc) is 2.78. The van der Waals surface area contributed by atoms with E-state index in [4.69, 9.17) is 0 Å². The van der Waals surface area contributed by atoms with Gasteiger partial charge >= 0.3 is 5.69 Å². The molecule has 24 heavy (non-hydrogen) atoms. The van der Waals surface area contributed by atoms with Gasteiger partial charge in [-0.1, -0.05) is 6.92 Å². The van der Waals surface area contributed by atoms with Crippen LogP contribution in [0.2, 0.25) is 0 Å². The number of hydrogen-bond donors (Lipinski definition) is 2. The minimum atomic E-state index is -0.723. The quantitative estimate of drug-likeness (QED) is 0.646. The molecule has 0 saturated carbocycles. The number of nitro groups is 1. The number of hydrogen-bond acceptors (Lipinski definition) is 5. The Morgan fingerprint density at radius 1 is 1.46 bits per heavy atom. The normalized spacial score (nSPS) is 12.0. The van der Waals surface area contributed by atoms with E-state index in [1.165, 1.54) is 6.07 Å². The minimum Gasteiger partial charge on any atom is -0.502 e. The second kappa shape index (κ2) is 6.69. The Bertz CT molecular complexity index is 798. The summed E-state index contributed by atoms with van der Waals surface area (Å²) in [6, 6.07) is 3.32. The van der Waals surface area contributed by atoms with Crippen LogP contribution >= 0.6 is 0 Å². The molecule has 2 aromatic rings. The molecule has 8 heteroatoms. The van der Waals surface area contributed by atoms with E-state index >= 15 is 0 Å². The van der Waals surface area contributed by atoms with Crippen molar-refractivity contribution in [1.29, 1.82) is 0 Å². The Kier molecular flexibility index (Phi) is 4.87. The molecule has 128 valence electrons. The predicted octanol–water partition coefficient (Wildman–Crippen LogP) is 2.53. The van der Waals surface area contributed by atoms with E-state index in [1.807, 2.05) is 27.8 Å². The van der Waals surface area contributed by atoms with E-state index < -0.39 is 22.3 Å². The number of aromatic hydroxyl groups is 1. The molecule has 1 aromatic carbocycles. The third-order valence-corrected chi connectivity index (χ3v) is 4.06. The number of nitrogens with one attached hydrogen (secondary N) is 1. The van der Waals surface area contributed by atoms with Crippen LogP contribution in [0.25, 0.3) is 0 Å². The van der Waals surface area contributed by atoms with Crippen molar-refractivity contribution in [2.75, 3.05) is 0 Å². The van der Waals surface area contributed by atoms with Gasteiger partial charge in [0.2, 0.25) is 0 Å². The Morgan fingerprint density at radius 2 is 2.12 bits per heavy atom. The van der Waals surface area contributed by atoms with E-state index in [2.05, 4.69) is 10.4 Å². The molecule has 1 amide bonds. The van der Waals surface area contributed by atoms with Crippen LogP contribution < -0.4 is 5.32 Å². The Morgan fingerprint density at radius 3 is 2.62 bits per heavy atom. The maximum atomic E-state index is 12.5. The third-order valence-electron chi connectivity index (χ3n) is 4.06. The van der Waals surface area contributed by atoms with Crippen molar-refractivity contribution in [1.82, 2.24) is 15.1 Å². The van der Waals surface area contributed by atoms with Gasteiger partial charge in [-0.05, 0) is 32.4 Å². The second-order valence-electron chi connectivity index (χ2n) is 5.60. The molecular weight excluding hydrogens is 312 g/mol. The van der Waals surface area contributed by atoms with Gasteiger partial charge in [-0.15, -0.1) is 0 Å². The number of benzene rings is 1. The molecule has 1 heterocycles. The van der Waals surface area contributed by atoms with Crippen molar-refractivity contribution in [2.45, 2.75) is 33.2 Å². The van der Waals surface area contributed by atoms with Gasteiger partial charge < -0.3 is 10.4 Å². The fourth-order valence-corrected chi connectivity index (χ4v) is 2.73. The summed E-state index contributed by atoms with van der Waals surface area (Å²) in [5.41, 5.74) is 2.36. The number of carbonyl (C=O) groups is 1. The summed E-state index contributed by atoms with van der Waals surface area (Å²) < 4.78 is 1.75. The second-order valence-corrected chi connectivity index (χ2v) is 5.60. The molecule has 0 aliphatic heterocycles. The lowest BCUT2D eigenvalue weighted by Crippen LogP contribution is -2.29. The zero-order valence-corrected chi connectivity index (χ0v) is 14.0. The van der Waals surface area contributed by atoms with Crippen LogP contribution in [0.5, 0.6) is 5.75 Å². The molecule has 2 N–H and O–H groups in total. The van der Waals surface area contributed by atoms with Crippen LogP contribution in [-0.2, 0) is 7.05 Å². The number of phenolic OH excluding ortho intramolecular Hbond substituents is 1. The molecule has 0 aliphatic rings. The zero-order chi connectivity index (χ0) is 18.0. The highest BCUT2D eigenvalue weighted by atomic mass is 16.6. The summed E-state index contributed by atoms with van der Waals surface area (Å²) in [6.07, 6.45) is 0.652. The van der Waals surface area contributed by atoms with Crippen molar-refractivity contribution in [3.05, 3.63) is 50.8 Å². The van der Waals surface area contributed by atoms with Crippen LogP contribution in [-0.4, -0.2) is 25.7 Å². The van der Waals surface area contributed by atoms with Gasteiger partial charge in [-0.2, -0.15) is 5.10 Å². The van der Waals surface area contributed by atoms with Gasteiger partial charge in [0.05, 0.1) is 16.7 Å². The first kappa shape index (κ1) is 17.5. The molecular formula is C16H20N4O4. The van der Waals surface area contributed by atoms with Crippen molar-refractivity contribution >= 4 is 11.6 Å². The summed E-state index contributed by atoms with van der Waals surface area (Å²) in [7, 11) is 1.84. The fraction of sp³-hybridized carbons (Fsp3) is 0.375. The first-order valence-corrected chi connectivity index (χ1v) is 7.54. The molecule has 1 aromatic heterocycles. The smallest absolute Gasteiger partial charge is 0.311 e. The number of rotatable bonds is 5. The number of aromatic nitrogens is 2. The fourth-order valence-electron chi connectivity index (χ4n) is 2.73. The van der Waals surface area contributed by atoms with Gasteiger partial charge in [0.25, 0.3) is 5.91 Å². The van der Waals surface area contributed by atoms with E-state index in [-0.39, 0.29) is 11.6 Å². The molecule has 0 aliphatic carbocycles. The van der Waals surface area contributed by atoms with Crippen molar-refractivity contribution in [3.8, 4) is 5.75 Å². The van der Waals surface area contributed by atoms with Crippen molar-refractivity contribution < 1.29 is 14.8 Å². The molecule has 8 nitrogen and oxygen atoms in total. The number of nitrogens with zero attached hydrogens (tertiary/aromatic N) is 3. The molecule has 0 unspecified atom stereocenters. The van der Waals surface area contributed by atoms with Crippen LogP contribution in [0.15, 0.2) is 18.2 Å². The van der Waals surface area contributed by atoms with Crippen LogP contribution in [0.1, 0.15) is 46.7 Å². The van der Waals surface area contributed by atoms with Gasteiger partial charge in [0.1, 0.15) is 0 Å². The lowest BCUT2D eigenvalue weighted by molar-refractivity contribution is -0.385. The van der Waals surface area contributed by atoms with Gasteiger partial charge in [0.15, 0.2) is 5.75 Å². The van der Waals surface area contributed by atoms with Crippen LogP contribution in [0.3, 0.4) is 0 Å². The van der Waals surface area contributed by atoms with E-state index in [0.29, 0.717) is 6.42 Å². The van der Waals surface area contributed by atoms with Gasteiger partial charge in [-0.3, -0.25) is 19.6 Å². The van der Waals surface area contributed by atoms with Crippen molar-refractivity contribution in [2.24, 2.45) is 7.05 Å². The maximum Gasteiger partial charge on any atom is 0.311 e. The highest BCUT2D eigenvalue weighted by Crippen LogP contribution is 2.28. The van der Waals surface area contributed by atoms with E-state index in [9.17, 15) is 20.0 Å². The number of carbonyl (C=O) groups excluding carboxylic acids is 1. The van der Waals surface area contributed by atoms with Crippen LogP contribution in [0.4, 0.5) is 5.69 Å². The summed E-state index contributed by atoms with van der Waals surface area (Å²) in [5.74, 6) is -0.907. The highest BCUT2D eigenvalue weighted by molar-refractivity contribution is 5.95. The number of amides is 1. The summed E-state index contributed by atoms with van der Waals surface area (Å²) in [4.78, 5) is 22.6. The minimum absolute atomic E-state index is 0.122. The van der Waals surface area contributed by atoms with Gasteiger partial charge in [-0.25, -0.2) is 0 Å². The average molecular weight is 332 g/mol. The third kappa shape index (κ3) is 3.22. The monoisotopic (exact) mass is 332 g/mol. The van der Waals surface area contributed by atoms with Gasteiger partial charge in [0, 0.05) is 29.9 Å². The van der Waals surface area contributed by atoms with Crippen molar-refractivity contribution in [3.63, 3.8) is 0 Å². The molecule has 0 saturated heterocycles. The SMILES string of the molecule is CC[C@@H](NC(=O)c1ccc(O)c([N+](=O)[O-])c1)c1c(C)nn(C)c1C. The Hall–Kier alpha value is -2.90. The largest absolute Gasteiger partial charge is 0.502 e. The number of phenols is 1. The molecule has 2 rings (SSSR count). The van der Waals surface area contributed by atoms with Crippen LogP contribution in [0, 0.1) is 24.0 Å². The summed E-state index contributed by atoms with van der Waals surface area (Å²) >= 11 is 0. The van der Waals surface area contributed by atoms with E-state index in [1.54, 1.807) is 4.68 Å².